The molecule has 3 nitrogen and oxygen atoms in total. The average Bonchev–Trinajstić information content (AvgIpc) is 2.68. The molecule has 0 atom stereocenters. The van der Waals surface area contributed by atoms with E-state index in [0.717, 1.165) is 12.8 Å². The van der Waals surface area contributed by atoms with Crippen molar-refractivity contribution in [2.24, 2.45) is 0 Å². The highest BCUT2D eigenvalue weighted by Crippen LogP contribution is 2.27. The Hall–Kier alpha value is -2.26. The molecule has 3 rings (SSSR count). The summed E-state index contributed by atoms with van der Waals surface area (Å²) in [6.07, 6.45) is 5.82. The predicted molar refractivity (Wildman–Crippen MR) is 103 cm³/mol. The lowest BCUT2D eigenvalue weighted by atomic mass is 9.92. The summed E-state index contributed by atoms with van der Waals surface area (Å²) in [6, 6.07) is 16.1. The molecule has 26 heavy (non-hydrogen) atoms. The van der Waals surface area contributed by atoms with Crippen molar-refractivity contribution in [2.75, 3.05) is 0 Å². The fourth-order valence-corrected chi connectivity index (χ4v) is 3.53. The molecule has 0 aliphatic heterocycles. The highest BCUT2D eigenvalue weighted by Gasteiger charge is 2.33. The normalized spacial score (nSPS) is 15.6. The highest BCUT2D eigenvalue weighted by atomic mass is 16.5. The maximum atomic E-state index is 12.9. The first-order chi connectivity index (χ1) is 12.5. The lowest BCUT2D eigenvalue weighted by Crippen LogP contribution is -2.39. The Bertz CT molecular complexity index is 754. The summed E-state index contributed by atoms with van der Waals surface area (Å²) < 4.78 is 6.13. The number of Topliss-reactive ketones (excluding diaryl/α,β-unsaturated/α-hetero) is 1. The van der Waals surface area contributed by atoms with E-state index in [-0.39, 0.29) is 17.7 Å². The lowest BCUT2D eigenvalue weighted by Gasteiger charge is -2.32. The van der Waals surface area contributed by atoms with Gasteiger partial charge in [0.1, 0.15) is 5.60 Å². The molecule has 0 saturated heterocycles. The number of carbonyl (C=O) groups is 2. The van der Waals surface area contributed by atoms with E-state index in [0.29, 0.717) is 16.7 Å². The van der Waals surface area contributed by atoms with Crippen LogP contribution in [0.4, 0.5) is 0 Å². The zero-order valence-corrected chi connectivity index (χ0v) is 15.5. The van der Waals surface area contributed by atoms with Gasteiger partial charge in [0.15, 0.2) is 11.6 Å². The Kier molecular flexibility index (Phi) is 5.67. The Morgan fingerprint density at radius 3 is 1.96 bits per heavy atom. The zero-order chi connectivity index (χ0) is 18.6. The molecule has 0 aromatic heterocycles. The average molecular weight is 350 g/mol. The van der Waals surface area contributed by atoms with Gasteiger partial charge in [-0.05, 0) is 26.7 Å². The maximum Gasteiger partial charge on any atom is 0.194 e. The van der Waals surface area contributed by atoms with E-state index in [4.69, 9.17) is 4.74 Å². The molecule has 0 bridgehead atoms. The Morgan fingerprint density at radius 1 is 0.808 bits per heavy atom. The van der Waals surface area contributed by atoms with Crippen LogP contribution < -0.4 is 0 Å². The van der Waals surface area contributed by atoms with Gasteiger partial charge in [-0.1, -0.05) is 73.9 Å². The van der Waals surface area contributed by atoms with E-state index >= 15 is 0 Å². The van der Waals surface area contributed by atoms with Crippen LogP contribution in [0.3, 0.4) is 0 Å². The first kappa shape index (κ1) is 18.5. The molecule has 0 radical (unpaired) electrons. The van der Waals surface area contributed by atoms with E-state index in [1.54, 1.807) is 36.4 Å². The molecular formula is C23H26O3. The van der Waals surface area contributed by atoms with Crippen LogP contribution >= 0.6 is 0 Å². The number of hydrogen-bond acceptors (Lipinski definition) is 3. The largest absolute Gasteiger partial charge is 0.364 e. The van der Waals surface area contributed by atoms with Crippen LogP contribution in [0.1, 0.15) is 72.2 Å². The van der Waals surface area contributed by atoms with E-state index < -0.39 is 5.60 Å². The SMILES string of the molecule is CC(C)(OC1CCCCC1)C(=O)c1ccc(C(=O)c2ccccc2)cc1. The minimum atomic E-state index is -0.854. The Balaban J connectivity index is 1.70. The van der Waals surface area contributed by atoms with E-state index in [9.17, 15) is 9.59 Å². The van der Waals surface area contributed by atoms with Crippen LogP contribution in [0, 0.1) is 0 Å². The molecule has 1 saturated carbocycles. The van der Waals surface area contributed by atoms with Crippen molar-refractivity contribution >= 4 is 11.6 Å². The second-order valence-corrected chi connectivity index (χ2v) is 7.49. The monoisotopic (exact) mass is 350 g/mol. The Labute approximate surface area is 155 Å². The van der Waals surface area contributed by atoms with Crippen molar-refractivity contribution in [3.05, 3.63) is 71.3 Å². The molecule has 0 heterocycles. The van der Waals surface area contributed by atoms with Crippen LogP contribution in [0.5, 0.6) is 0 Å². The summed E-state index contributed by atoms with van der Waals surface area (Å²) >= 11 is 0. The molecule has 0 spiro atoms. The lowest BCUT2D eigenvalue weighted by molar-refractivity contribution is -0.0636. The summed E-state index contributed by atoms with van der Waals surface area (Å²) in [7, 11) is 0. The first-order valence-corrected chi connectivity index (χ1v) is 9.40. The van der Waals surface area contributed by atoms with Crippen LogP contribution in [0.25, 0.3) is 0 Å². The number of hydrogen-bond donors (Lipinski definition) is 0. The molecule has 1 aliphatic rings. The number of ether oxygens (including phenoxy) is 1. The molecule has 2 aromatic rings. The maximum absolute atomic E-state index is 12.9. The third-order valence-electron chi connectivity index (χ3n) is 5.01. The van der Waals surface area contributed by atoms with Crippen molar-refractivity contribution < 1.29 is 14.3 Å². The van der Waals surface area contributed by atoms with Crippen LogP contribution in [0.15, 0.2) is 54.6 Å². The molecular weight excluding hydrogens is 324 g/mol. The minimum absolute atomic E-state index is 0.0395. The Morgan fingerprint density at radius 2 is 1.35 bits per heavy atom. The summed E-state index contributed by atoms with van der Waals surface area (Å²) in [5.41, 5.74) is 0.953. The van der Waals surface area contributed by atoms with E-state index in [1.807, 2.05) is 32.0 Å². The van der Waals surface area contributed by atoms with Gasteiger partial charge in [-0.3, -0.25) is 9.59 Å². The van der Waals surface area contributed by atoms with E-state index in [1.165, 1.54) is 19.3 Å². The van der Waals surface area contributed by atoms with Crippen molar-refractivity contribution in [3.8, 4) is 0 Å². The van der Waals surface area contributed by atoms with Gasteiger partial charge in [0.25, 0.3) is 0 Å². The van der Waals surface area contributed by atoms with Crippen LogP contribution in [0.2, 0.25) is 0 Å². The fraction of sp³-hybridized carbons (Fsp3) is 0.391. The minimum Gasteiger partial charge on any atom is -0.364 e. The number of benzene rings is 2. The number of carbonyl (C=O) groups excluding carboxylic acids is 2. The topological polar surface area (TPSA) is 43.4 Å². The van der Waals surface area contributed by atoms with Crippen molar-refractivity contribution in [1.82, 2.24) is 0 Å². The van der Waals surface area contributed by atoms with Crippen LogP contribution in [-0.4, -0.2) is 23.3 Å². The van der Waals surface area contributed by atoms with Crippen molar-refractivity contribution in [3.63, 3.8) is 0 Å². The quantitative estimate of drug-likeness (QED) is 0.670. The summed E-state index contributed by atoms with van der Waals surface area (Å²) in [6.45, 7) is 3.68. The number of ketones is 2. The molecule has 2 aromatic carbocycles. The molecule has 0 N–H and O–H groups in total. The molecule has 1 fully saturated rings. The predicted octanol–water partition coefficient (Wildman–Crippen LogP) is 5.23. The van der Waals surface area contributed by atoms with Gasteiger partial charge in [0.05, 0.1) is 6.10 Å². The van der Waals surface area contributed by atoms with Crippen molar-refractivity contribution in [1.29, 1.82) is 0 Å². The van der Waals surface area contributed by atoms with Crippen LogP contribution in [-0.2, 0) is 4.74 Å². The molecule has 1 aliphatic carbocycles. The highest BCUT2D eigenvalue weighted by molar-refractivity contribution is 6.09. The smallest absolute Gasteiger partial charge is 0.194 e. The zero-order valence-electron chi connectivity index (χ0n) is 15.5. The molecule has 0 unspecified atom stereocenters. The van der Waals surface area contributed by atoms with Gasteiger partial charge < -0.3 is 4.74 Å². The van der Waals surface area contributed by atoms with Gasteiger partial charge in [-0.15, -0.1) is 0 Å². The van der Waals surface area contributed by atoms with Gasteiger partial charge in [-0.25, -0.2) is 0 Å². The molecule has 136 valence electrons. The second kappa shape index (κ2) is 7.96. The van der Waals surface area contributed by atoms with Gasteiger partial charge in [0.2, 0.25) is 0 Å². The van der Waals surface area contributed by atoms with Crippen molar-refractivity contribution in [2.45, 2.75) is 57.7 Å². The van der Waals surface area contributed by atoms with Gasteiger partial charge >= 0.3 is 0 Å². The van der Waals surface area contributed by atoms with Gasteiger partial charge in [0, 0.05) is 16.7 Å². The second-order valence-electron chi connectivity index (χ2n) is 7.49. The third kappa shape index (κ3) is 4.28. The molecule has 0 amide bonds. The fourth-order valence-electron chi connectivity index (χ4n) is 3.53. The van der Waals surface area contributed by atoms with Gasteiger partial charge in [-0.2, -0.15) is 0 Å². The summed E-state index contributed by atoms with van der Waals surface area (Å²) in [4.78, 5) is 25.4. The summed E-state index contributed by atoms with van der Waals surface area (Å²) in [5, 5.41) is 0. The number of rotatable bonds is 6. The standard InChI is InChI=1S/C23H26O3/c1-23(2,26-20-11-7-4-8-12-20)22(25)19-15-13-18(14-16-19)21(24)17-9-5-3-6-10-17/h3,5-6,9-10,13-16,20H,4,7-8,11-12H2,1-2H3. The molecule has 3 heteroatoms. The first-order valence-electron chi connectivity index (χ1n) is 9.40. The summed E-state index contributed by atoms with van der Waals surface area (Å²) in [5.74, 6) is -0.0795. The van der Waals surface area contributed by atoms with E-state index in [2.05, 4.69) is 0 Å². The third-order valence-corrected chi connectivity index (χ3v) is 5.01.